The van der Waals surface area contributed by atoms with Crippen LogP contribution in [0.15, 0.2) is 58.0 Å². The van der Waals surface area contributed by atoms with Crippen molar-refractivity contribution < 1.29 is 22.0 Å². The molecule has 8 nitrogen and oxygen atoms in total. The third-order valence-electron chi connectivity index (χ3n) is 4.70. The van der Waals surface area contributed by atoms with Crippen LogP contribution in [0.1, 0.15) is 17.5 Å². The van der Waals surface area contributed by atoms with Gasteiger partial charge in [-0.2, -0.15) is 5.26 Å². The van der Waals surface area contributed by atoms with Crippen LogP contribution < -0.4 is 15.1 Å². The van der Waals surface area contributed by atoms with Crippen LogP contribution in [0.3, 0.4) is 0 Å². The van der Waals surface area contributed by atoms with E-state index in [0.29, 0.717) is 17.7 Å². The van der Waals surface area contributed by atoms with Crippen LogP contribution in [0.4, 0.5) is 5.69 Å². The van der Waals surface area contributed by atoms with E-state index < -0.39 is 21.5 Å². The smallest absolute Gasteiger partial charge is 0.343 e. The normalized spacial score (nSPS) is 12.0. The molecule has 0 spiro atoms. The summed E-state index contributed by atoms with van der Waals surface area (Å²) >= 11 is 0. The number of nitriles is 1. The predicted octanol–water partition coefficient (Wildman–Crippen LogP) is 2.15. The van der Waals surface area contributed by atoms with Crippen LogP contribution in [0, 0.1) is 11.3 Å². The van der Waals surface area contributed by atoms with Crippen molar-refractivity contribution in [2.45, 2.75) is 13.0 Å². The van der Waals surface area contributed by atoms with Gasteiger partial charge in [0.15, 0.2) is 12.4 Å². The second-order valence-corrected chi connectivity index (χ2v) is 8.74. The molecule has 160 valence electrons. The van der Waals surface area contributed by atoms with Crippen LogP contribution in [-0.4, -0.2) is 32.8 Å². The zero-order valence-electron chi connectivity index (χ0n) is 17.1. The van der Waals surface area contributed by atoms with Gasteiger partial charge in [0.1, 0.15) is 12.1 Å². The fourth-order valence-corrected chi connectivity index (χ4v) is 3.52. The molecule has 0 N–H and O–H groups in total. The first-order valence-electron chi connectivity index (χ1n) is 9.46. The summed E-state index contributed by atoms with van der Waals surface area (Å²) in [5, 5.41) is 10.3. The van der Waals surface area contributed by atoms with E-state index >= 15 is 0 Å². The first kappa shape index (κ1) is 22.2. The van der Waals surface area contributed by atoms with Gasteiger partial charge in [-0.3, -0.25) is 0 Å². The Hall–Kier alpha value is -3.48. The Morgan fingerprint density at radius 1 is 1.23 bits per heavy atom. The lowest BCUT2D eigenvalue weighted by Gasteiger charge is -2.12. The van der Waals surface area contributed by atoms with Gasteiger partial charge >= 0.3 is 5.63 Å². The highest BCUT2D eigenvalue weighted by Crippen LogP contribution is 2.22. The van der Waals surface area contributed by atoms with E-state index in [-0.39, 0.29) is 17.6 Å². The van der Waals surface area contributed by atoms with Gasteiger partial charge in [0, 0.05) is 61.1 Å². The third-order valence-corrected chi connectivity index (χ3v) is 5.48. The zero-order chi connectivity index (χ0) is 22.6. The van der Waals surface area contributed by atoms with Gasteiger partial charge < -0.3 is 13.9 Å². The Bertz CT molecular complexity index is 1330. The molecule has 0 unspecified atom stereocenters. The van der Waals surface area contributed by atoms with Crippen molar-refractivity contribution in [2.75, 3.05) is 24.7 Å². The second-order valence-electron chi connectivity index (χ2n) is 7.22. The molecular formula is C22H21N3O5S. The highest BCUT2D eigenvalue weighted by molar-refractivity contribution is 7.85. The minimum atomic E-state index is -4.24. The molecule has 0 saturated carbocycles. The SMILES string of the molecule is CN(C)c1ccc2cc(/C=C(\C#N)c3cc[n+](CCCS(=O)(=O)[O-])cc3)c(=O)oc2c1. The summed E-state index contributed by atoms with van der Waals surface area (Å²) < 4.78 is 39.2. The number of fused-ring (bicyclic) bond motifs is 1. The summed E-state index contributed by atoms with van der Waals surface area (Å²) in [6.07, 6.45) is 5.05. The summed E-state index contributed by atoms with van der Waals surface area (Å²) in [7, 11) is -0.450. The number of hydrogen-bond acceptors (Lipinski definition) is 7. The van der Waals surface area contributed by atoms with Crippen molar-refractivity contribution in [3.05, 3.63) is 70.3 Å². The highest BCUT2D eigenvalue weighted by atomic mass is 32.2. The first-order chi connectivity index (χ1) is 14.7. The molecule has 0 amide bonds. The van der Waals surface area contributed by atoms with Gasteiger partial charge in [-0.05, 0) is 24.3 Å². The summed E-state index contributed by atoms with van der Waals surface area (Å²) in [5.74, 6) is -0.432. The average molecular weight is 439 g/mol. The third kappa shape index (κ3) is 5.78. The molecule has 1 aromatic carbocycles. The monoisotopic (exact) mass is 439 g/mol. The predicted molar refractivity (Wildman–Crippen MR) is 116 cm³/mol. The molecule has 2 aromatic heterocycles. The van der Waals surface area contributed by atoms with Gasteiger partial charge in [-0.1, -0.05) is 0 Å². The Morgan fingerprint density at radius 2 is 1.94 bits per heavy atom. The van der Waals surface area contributed by atoms with Crippen LogP contribution in [-0.2, 0) is 16.7 Å². The number of anilines is 1. The molecule has 0 saturated heterocycles. The Labute approximate surface area is 180 Å². The summed E-state index contributed by atoms with van der Waals surface area (Å²) in [4.78, 5) is 14.3. The zero-order valence-corrected chi connectivity index (χ0v) is 17.9. The van der Waals surface area contributed by atoms with Crippen LogP contribution >= 0.6 is 0 Å². The lowest BCUT2D eigenvalue weighted by molar-refractivity contribution is -0.696. The summed E-state index contributed by atoms with van der Waals surface area (Å²) in [5.41, 5.74) is 1.97. The molecule has 2 heterocycles. The molecule has 0 fully saturated rings. The van der Waals surface area contributed by atoms with Crippen LogP contribution in [0.25, 0.3) is 22.6 Å². The van der Waals surface area contributed by atoms with Crippen molar-refractivity contribution in [2.24, 2.45) is 0 Å². The number of aromatic nitrogens is 1. The van der Waals surface area contributed by atoms with Crippen molar-refractivity contribution in [1.82, 2.24) is 0 Å². The molecule has 0 aliphatic carbocycles. The minimum Gasteiger partial charge on any atom is -0.748 e. The van der Waals surface area contributed by atoms with Gasteiger partial charge in [-0.25, -0.2) is 17.8 Å². The Morgan fingerprint density at radius 3 is 2.55 bits per heavy atom. The van der Waals surface area contributed by atoms with E-state index in [2.05, 4.69) is 6.07 Å². The fourth-order valence-electron chi connectivity index (χ4n) is 3.04. The van der Waals surface area contributed by atoms with E-state index in [1.165, 1.54) is 6.08 Å². The molecule has 0 radical (unpaired) electrons. The number of nitrogens with zero attached hydrogens (tertiary/aromatic N) is 3. The molecule has 9 heteroatoms. The van der Waals surface area contributed by atoms with Gasteiger partial charge in [0.05, 0.1) is 27.3 Å². The molecule has 0 aliphatic rings. The van der Waals surface area contributed by atoms with Crippen molar-refractivity contribution in [1.29, 1.82) is 5.26 Å². The molecule has 3 aromatic rings. The topological polar surface area (TPSA) is 118 Å². The highest BCUT2D eigenvalue weighted by Gasteiger charge is 2.10. The van der Waals surface area contributed by atoms with Crippen molar-refractivity contribution >= 4 is 38.4 Å². The number of aryl methyl sites for hydroxylation is 1. The largest absolute Gasteiger partial charge is 0.748 e. The van der Waals surface area contributed by atoms with Crippen molar-refractivity contribution in [3.8, 4) is 6.07 Å². The number of hydrogen-bond donors (Lipinski definition) is 0. The molecular weight excluding hydrogens is 418 g/mol. The maximum atomic E-state index is 12.4. The molecule has 0 aliphatic heterocycles. The Balaban J connectivity index is 1.86. The average Bonchev–Trinajstić information content (AvgIpc) is 2.71. The van der Waals surface area contributed by atoms with Crippen molar-refractivity contribution in [3.63, 3.8) is 0 Å². The van der Waals surface area contributed by atoms with Crippen LogP contribution in [0.5, 0.6) is 0 Å². The van der Waals surface area contributed by atoms with E-state index in [4.69, 9.17) is 4.42 Å². The number of benzene rings is 1. The quantitative estimate of drug-likeness (QED) is 0.239. The number of pyridine rings is 1. The van der Waals surface area contributed by atoms with E-state index in [9.17, 15) is 23.0 Å². The van der Waals surface area contributed by atoms with E-state index in [1.807, 2.05) is 31.1 Å². The molecule has 0 bridgehead atoms. The first-order valence-corrected chi connectivity index (χ1v) is 11.0. The second kappa shape index (κ2) is 9.12. The standard InChI is InChI=1S/C22H21N3O5S/c1-24(2)20-5-4-17-12-18(22(26)30-21(17)14-20)13-19(15-23)16-6-9-25(10-7-16)8-3-11-31(27,28)29/h4-7,9-10,12-14H,3,8,11H2,1-2H3. The maximum Gasteiger partial charge on any atom is 0.343 e. The summed E-state index contributed by atoms with van der Waals surface area (Å²) in [6, 6.07) is 12.7. The maximum absolute atomic E-state index is 12.4. The molecule has 0 atom stereocenters. The number of rotatable bonds is 7. The van der Waals surface area contributed by atoms with Gasteiger partial charge in [0.25, 0.3) is 0 Å². The van der Waals surface area contributed by atoms with Crippen LogP contribution in [0.2, 0.25) is 0 Å². The Kier molecular flexibility index (Phi) is 6.53. The molecule has 3 rings (SSSR count). The lowest BCUT2D eigenvalue weighted by Crippen LogP contribution is -2.33. The summed E-state index contributed by atoms with van der Waals surface area (Å²) in [6.45, 7) is 0.358. The minimum absolute atomic E-state index is 0.199. The fraction of sp³-hybridized carbons (Fsp3) is 0.227. The molecule has 31 heavy (non-hydrogen) atoms. The van der Waals surface area contributed by atoms with E-state index in [0.717, 1.165) is 11.1 Å². The number of allylic oxidation sites excluding steroid dienone is 1. The lowest BCUT2D eigenvalue weighted by atomic mass is 10.1. The van der Waals surface area contributed by atoms with Gasteiger partial charge in [0.2, 0.25) is 0 Å². The van der Waals surface area contributed by atoms with Gasteiger partial charge in [-0.15, -0.1) is 0 Å². The van der Waals surface area contributed by atoms with E-state index in [1.54, 1.807) is 41.2 Å².